The van der Waals surface area contributed by atoms with Gasteiger partial charge in [0, 0.05) is 43.3 Å². The summed E-state index contributed by atoms with van der Waals surface area (Å²) in [7, 11) is 3.19. The van der Waals surface area contributed by atoms with Crippen LogP contribution < -0.4 is 0 Å². The minimum absolute atomic E-state index is 0.311. The van der Waals surface area contributed by atoms with Gasteiger partial charge in [0.2, 0.25) is 0 Å². The number of methoxy groups -OCH3 is 2. The summed E-state index contributed by atoms with van der Waals surface area (Å²) in [5, 5.41) is 15.8. The number of aliphatic carboxylic acids is 1. The minimum Gasteiger partial charge on any atom is -0.481 e. The number of ether oxygens (including phenoxy) is 2. The van der Waals surface area contributed by atoms with Crippen molar-refractivity contribution >= 4 is 22.5 Å². The van der Waals surface area contributed by atoms with E-state index >= 15 is 0 Å². The van der Waals surface area contributed by atoms with E-state index in [9.17, 15) is 9.90 Å². The molecule has 0 amide bonds. The number of pyridine rings is 1. The molecule has 1 unspecified atom stereocenters. The maximum Gasteiger partial charge on any atom is 0.306 e. The fourth-order valence-electron chi connectivity index (χ4n) is 3.85. The van der Waals surface area contributed by atoms with Gasteiger partial charge in [-0.25, -0.2) is 0 Å². The molecule has 7 heteroatoms. The van der Waals surface area contributed by atoms with E-state index in [-0.39, 0.29) is 5.92 Å². The van der Waals surface area contributed by atoms with E-state index in [4.69, 9.17) is 14.3 Å². The van der Waals surface area contributed by atoms with Crippen molar-refractivity contribution < 1.29 is 24.2 Å². The number of carboxylic acid groups (broad SMARTS) is 1. The molecule has 0 fully saturated rings. The van der Waals surface area contributed by atoms with E-state index in [1.165, 1.54) is 0 Å². The third-order valence-electron chi connectivity index (χ3n) is 5.60. The van der Waals surface area contributed by atoms with Crippen LogP contribution in [-0.2, 0) is 19.1 Å². The Labute approximate surface area is 194 Å². The van der Waals surface area contributed by atoms with Crippen molar-refractivity contribution in [3.63, 3.8) is 0 Å². The van der Waals surface area contributed by atoms with Gasteiger partial charge in [0.25, 0.3) is 0 Å². The van der Waals surface area contributed by atoms with Gasteiger partial charge in [0.15, 0.2) is 6.29 Å². The molecule has 33 heavy (non-hydrogen) atoms. The first-order chi connectivity index (χ1) is 16.1. The Balaban J connectivity index is 2.02. The molecule has 0 bridgehead atoms. The highest BCUT2D eigenvalue weighted by Crippen LogP contribution is 2.31. The Morgan fingerprint density at radius 3 is 2.55 bits per heavy atom. The van der Waals surface area contributed by atoms with Gasteiger partial charge >= 0.3 is 5.97 Å². The molecular weight excluding hydrogens is 420 g/mol. The SMILES string of the molecule is CCC(CCCO/N=C(\c1cccnc1)c1c(C(OC)OC)ccc2ccccc12)C(=O)O. The Morgan fingerprint density at radius 1 is 1.09 bits per heavy atom. The molecular formula is C26H30N2O5. The Kier molecular flexibility index (Phi) is 8.92. The van der Waals surface area contributed by atoms with Crippen molar-refractivity contribution in [2.75, 3.05) is 20.8 Å². The lowest BCUT2D eigenvalue weighted by Crippen LogP contribution is -2.15. The van der Waals surface area contributed by atoms with E-state index in [1.807, 2.05) is 55.5 Å². The number of hydrogen-bond donors (Lipinski definition) is 1. The van der Waals surface area contributed by atoms with Gasteiger partial charge in [0.1, 0.15) is 12.3 Å². The summed E-state index contributed by atoms with van der Waals surface area (Å²) in [6.07, 6.45) is 4.57. The lowest BCUT2D eigenvalue weighted by molar-refractivity contribution is -0.142. The number of nitrogens with zero attached hydrogens (tertiary/aromatic N) is 2. The molecule has 2 aromatic carbocycles. The topological polar surface area (TPSA) is 90.2 Å². The van der Waals surface area contributed by atoms with Gasteiger partial charge in [-0.05, 0) is 42.2 Å². The third-order valence-corrected chi connectivity index (χ3v) is 5.60. The monoisotopic (exact) mass is 450 g/mol. The molecule has 0 spiro atoms. The summed E-state index contributed by atoms with van der Waals surface area (Å²) in [5.41, 5.74) is 3.06. The van der Waals surface area contributed by atoms with Crippen LogP contribution in [-0.4, -0.2) is 42.6 Å². The van der Waals surface area contributed by atoms with Crippen molar-refractivity contribution in [1.29, 1.82) is 0 Å². The zero-order valence-corrected chi connectivity index (χ0v) is 19.2. The number of oxime groups is 1. The van der Waals surface area contributed by atoms with Gasteiger partial charge in [-0.15, -0.1) is 0 Å². The number of carboxylic acids is 1. The molecule has 1 N–H and O–H groups in total. The Hall–Kier alpha value is -3.29. The largest absolute Gasteiger partial charge is 0.481 e. The summed E-state index contributed by atoms with van der Waals surface area (Å²) in [6.45, 7) is 2.19. The van der Waals surface area contributed by atoms with Gasteiger partial charge in [-0.1, -0.05) is 48.5 Å². The first-order valence-electron chi connectivity index (χ1n) is 11.0. The number of aromatic nitrogens is 1. The van der Waals surface area contributed by atoms with Crippen LogP contribution in [0.1, 0.15) is 49.2 Å². The normalized spacial score (nSPS) is 12.8. The van der Waals surface area contributed by atoms with E-state index in [2.05, 4.69) is 10.1 Å². The van der Waals surface area contributed by atoms with Crippen molar-refractivity contribution in [2.24, 2.45) is 11.1 Å². The average Bonchev–Trinajstić information content (AvgIpc) is 2.85. The van der Waals surface area contributed by atoms with Gasteiger partial charge in [0.05, 0.1) is 5.92 Å². The zero-order chi connectivity index (χ0) is 23.6. The summed E-state index contributed by atoms with van der Waals surface area (Å²) in [4.78, 5) is 21.2. The quantitative estimate of drug-likeness (QED) is 0.177. The smallest absolute Gasteiger partial charge is 0.306 e. The van der Waals surface area contributed by atoms with E-state index in [0.717, 1.165) is 27.5 Å². The second-order valence-electron chi connectivity index (χ2n) is 7.65. The first-order valence-corrected chi connectivity index (χ1v) is 11.0. The molecule has 1 heterocycles. The van der Waals surface area contributed by atoms with Gasteiger partial charge in [-0.3, -0.25) is 9.78 Å². The maximum atomic E-state index is 11.3. The predicted molar refractivity (Wildman–Crippen MR) is 127 cm³/mol. The first kappa shape index (κ1) is 24.4. The van der Waals surface area contributed by atoms with Crippen LogP contribution in [0.4, 0.5) is 0 Å². The second kappa shape index (κ2) is 12.1. The van der Waals surface area contributed by atoms with Crippen LogP contribution in [0.15, 0.2) is 66.1 Å². The van der Waals surface area contributed by atoms with Crippen LogP contribution in [0.25, 0.3) is 10.8 Å². The number of carbonyl (C=O) groups is 1. The molecule has 0 saturated carbocycles. The number of hydrogen-bond acceptors (Lipinski definition) is 6. The van der Waals surface area contributed by atoms with Crippen LogP contribution in [0.2, 0.25) is 0 Å². The second-order valence-corrected chi connectivity index (χ2v) is 7.65. The van der Waals surface area contributed by atoms with E-state index in [0.29, 0.717) is 31.6 Å². The molecule has 174 valence electrons. The fraction of sp³-hybridized carbons (Fsp3) is 0.346. The standard InChI is InChI=1S/C26H30N2O5/c1-4-18(25(29)30)11-8-16-33-28-24(20-10-7-15-27-17-20)23-21-12-6-5-9-19(21)13-14-22(23)26(31-2)32-3/h5-7,9-10,12-15,17-18,26H,4,8,11,16H2,1-3H3,(H,29,30)/b28-24+. The van der Waals surface area contributed by atoms with Crippen LogP contribution in [0.5, 0.6) is 0 Å². The molecule has 0 aliphatic heterocycles. The predicted octanol–water partition coefficient (Wildman–Crippen LogP) is 5.19. The van der Waals surface area contributed by atoms with Crippen molar-refractivity contribution in [3.8, 4) is 0 Å². The highest BCUT2D eigenvalue weighted by molar-refractivity contribution is 6.20. The minimum atomic E-state index is -0.775. The average molecular weight is 451 g/mol. The summed E-state index contributed by atoms with van der Waals surface area (Å²) >= 11 is 0. The highest BCUT2D eigenvalue weighted by atomic mass is 16.7. The van der Waals surface area contributed by atoms with Crippen LogP contribution in [0, 0.1) is 5.92 Å². The molecule has 1 atom stereocenters. The van der Waals surface area contributed by atoms with Gasteiger partial charge in [-0.2, -0.15) is 0 Å². The van der Waals surface area contributed by atoms with E-state index in [1.54, 1.807) is 26.6 Å². The molecule has 0 saturated heterocycles. The molecule has 7 nitrogen and oxygen atoms in total. The Morgan fingerprint density at radius 2 is 1.88 bits per heavy atom. The van der Waals surface area contributed by atoms with Crippen molar-refractivity contribution in [2.45, 2.75) is 32.5 Å². The highest BCUT2D eigenvalue weighted by Gasteiger charge is 2.22. The van der Waals surface area contributed by atoms with Gasteiger partial charge < -0.3 is 19.4 Å². The van der Waals surface area contributed by atoms with Crippen LogP contribution in [0.3, 0.4) is 0 Å². The Bertz CT molecular complexity index is 1080. The fourth-order valence-corrected chi connectivity index (χ4v) is 3.85. The number of fused-ring (bicyclic) bond motifs is 1. The maximum absolute atomic E-state index is 11.3. The zero-order valence-electron chi connectivity index (χ0n) is 19.2. The lowest BCUT2D eigenvalue weighted by Gasteiger charge is -2.20. The summed E-state index contributed by atoms with van der Waals surface area (Å²) < 4.78 is 11.2. The van der Waals surface area contributed by atoms with Crippen molar-refractivity contribution in [3.05, 3.63) is 77.6 Å². The third kappa shape index (κ3) is 5.94. The number of rotatable bonds is 12. The van der Waals surface area contributed by atoms with E-state index < -0.39 is 12.3 Å². The summed E-state index contributed by atoms with van der Waals surface area (Å²) in [5.74, 6) is -1.15. The molecule has 0 aliphatic rings. The molecule has 0 aliphatic carbocycles. The molecule has 0 radical (unpaired) electrons. The van der Waals surface area contributed by atoms with Crippen molar-refractivity contribution in [1.82, 2.24) is 4.98 Å². The molecule has 3 aromatic rings. The number of benzene rings is 2. The molecule has 3 rings (SSSR count). The lowest BCUT2D eigenvalue weighted by atomic mass is 9.92. The summed E-state index contributed by atoms with van der Waals surface area (Å²) in [6, 6.07) is 15.8. The van der Waals surface area contributed by atoms with Crippen LogP contribution >= 0.6 is 0 Å². The molecule has 1 aromatic heterocycles.